The monoisotopic (exact) mass is 321 g/mol. The third-order valence-electron chi connectivity index (χ3n) is 2.96. The van der Waals surface area contributed by atoms with Crippen LogP contribution < -0.4 is 5.56 Å². The standard InChI is InChI=1S/C12H11ClF3N3O2/c1-18-11(13)8(10(17-18)12(14,15)16)5-19-7(6-20)3-2-4-9(19)21/h2-4,20H,5-6H2,1H3. The number of aryl methyl sites for hydroxylation is 1. The van der Waals surface area contributed by atoms with Crippen molar-refractivity contribution in [3.63, 3.8) is 0 Å². The first-order valence-corrected chi connectivity index (χ1v) is 6.21. The minimum Gasteiger partial charge on any atom is -0.390 e. The Kier molecular flexibility index (Phi) is 4.11. The molecule has 0 aliphatic carbocycles. The quantitative estimate of drug-likeness (QED) is 0.937. The molecule has 0 bridgehead atoms. The summed E-state index contributed by atoms with van der Waals surface area (Å²) in [6.07, 6.45) is -4.68. The predicted octanol–water partition coefficient (Wildman–Crippen LogP) is 1.79. The van der Waals surface area contributed by atoms with Gasteiger partial charge in [0, 0.05) is 24.4 Å². The van der Waals surface area contributed by atoms with Crippen molar-refractivity contribution in [2.75, 3.05) is 0 Å². The Bertz CT molecular complexity index is 722. The molecule has 2 aromatic rings. The number of pyridine rings is 1. The van der Waals surface area contributed by atoms with E-state index in [0.29, 0.717) is 0 Å². The van der Waals surface area contributed by atoms with Gasteiger partial charge in [0.05, 0.1) is 13.2 Å². The number of nitrogens with zero attached hydrogens (tertiary/aromatic N) is 3. The zero-order valence-corrected chi connectivity index (χ0v) is 11.6. The van der Waals surface area contributed by atoms with Gasteiger partial charge in [0.25, 0.3) is 5.56 Å². The van der Waals surface area contributed by atoms with E-state index in [2.05, 4.69) is 5.10 Å². The highest BCUT2D eigenvalue weighted by Crippen LogP contribution is 2.34. The van der Waals surface area contributed by atoms with Crippen LogP contribution in [0.1, 0.15) is 17.0 Å². The lowest BCUT2D eigenvalue weighted by molar-refractivity contribution is -0.142. The highest BCUT2D eigenvalue weighted by atomic mass is 35.5. The van der Waals surface area contributed by atoms with E-state index in [-0.39, 0.29) is 16.4 Å². The summed E-state index contributed by atoms with van der Waals surface area (Å²) in [6, 6.07) is 4.05. The maximum absolute atomic E-state index is 13.0. The first-order chi connectivity index (χ1) is 9.75. The molecule has 2 heterocycles. The molecule has 114 valence electrons. The molecule has 0 amide bonds. The zero-order chi connectivity index (χ0) is 15.8. The summed E-state index contributed by atoms with van der Waals surface area (Å²) in [4.78, 5) is 11.8. The average Bonchev–Trinajstić information content (AvgIpc) is 2.69. The summed E-state index contributed by atoms with van der Waals surface area (Å²) in [7, 11) is 1.28. The third-order valence-corrected chi connectivity index (χ3v) is 3.43. The molecule has 0 atom stereocenters. The van der Waals surface area contributed by atoms with Crippen molar-refractivity contribution in [1.82, 2.24) is 14.3 Å². The second kappa shape index (κ2) is 5.53. The lowest BCUT2D eigenvalue weighted by atomic mass is 10.2. The van der Waals surface area contributed by atoms with Gasteiger partial charge in [-0.2, -0.15) is 18.3 Å². The molecule has 5 nitrogen and oxygen atoms in total. The van der Waals surface area contributed by atoms with E-state index in [1.165, 1.54) is 25.2 Å². The van der Waals surface area contributed by atoms with E-state index in [4.69, 9.17) is 11.6 Å². The molecule has 0 unspecified atom stereocenters. The smallest absolute Gasteiger partial charge is 0.390 e. The van der Waals surface area contributed by atoms with Gasteiger partial charge in [-0.25, -0.2) is 0 Å². The van der Waals surface area contributed by atoms with Gasteiger partial charge in [-0.1, -0.05) is 17.7 Å². The fraction of sp³-hybridized carbons (Fsp3) is 0.333. The SMILES string of the molecule is Cn1nc(C(F)(F)F)c(Cn2c(CO)cccc2=O)c1Cl. The number of rotatable bonds is 3. The maximum atomic E-state index is 13.0. The van der Waals surface area contributed by atoms with Gasteiger partial charge in [0.1, 0.15) is 5.15 Å². The van der Waals surface area contributed by atoms with Gasteiger partial charge in [0.15, 0.2) is 5.69 Å². The molecule has 0 aliphatic heterocycles. The lowest BCUT2D eigenvalue weighted by Gasteiger charge is -2.12. The highest BCUT2D eigenvalue weighted by molar-refractivity contribution is 6.30. The molecule has 2 aromatic heterocycles. The molecule has 0 saturated heterocycles. The number of aromatic nitrogens is 3. The van der Waals surface area contributed by atoms with Crippen molar-refractivity contribution in [1.29, 1.82) is 0 Å². The third kappa shape index (κ3) is 2.96. The zero-order valence-electron chi connectivity index (χ0n) is 10.9. The summed E-state index contributed by atoms with van der Waals surface area (Å²) in [6.45, 7) is -0.896. The number of aliphatic hydroxyl groups excluding tert-OH is 1. The Balaban J connectivity index is 2.58. The second-order valence-electron chi connectivity index (χ2n) is 4.34. The first kappa shape index (κ1) is 15.6. The van der Waals surface area contributed by atoms with E-state index in [1.54, 1.807) is 0 Å². The molecule has 9 heteroatoms. The van der Waals surface area contributed by atoms with Crippen LogP contribution in [0, 0.1) is 0 Å². The minimum atomic E-state index is -4.68. The molecule has 2 rings (SSSR count). The average molecular weight is 322 g/mol. The van der Waals surface area contributed by atoms with Crippen LogP contribution in [-0.2, 0) is 26.4 Å². The van der Waals surface area contributed by atoms with E-state index in [9.17, 15) is 23.1 Å². The van der Waals surface area contributed by atoms with Gasteiger partial charge < -0.3 is 9.67 Å². The highest BCUT2D eigenvalue weighted by Gasteiger charge is 2.38. The Morgan fingerprint density at radius 2 is 2.05 bits per heavy atom. The molecule has 0 spiro atoms. The lowest BCUT2D eigenvalue weighted by Crippen LogP contribution is -2.24. The number of halogens is 4. The maximum Gasteiger partial charge on any atom is 0.435 e. The Labute approximate surface area is 122 Å². The van der Waals surface area contributed by atoms with E-state index in [1.807, 2.05) is 0 Å². The molecule has 21 heavy (non-hydrogen) atoms. The van der Waals surface area contributed by atoms with Crippen LogP contribution in [0.3, 0.4) is 0 Å². The van der Waals surface area contributed by atoms with E-state index < -0.39 is 30.6 Å². The van der Waals surface area contributed by atoms with Crippen LogP contribution in [0.5, 0.6) is 0 Å². The van der Waals surface area contributed by atoms with Crippen molar-refractivity contribution in [2.24, 2.45) is 7.05 Å². The van der Waals surface area contributed by atoms with Crippen LogP contribution in [-0.4, -0.2) is 19.5 Å². The normalized spacial score (nSPS) is 11.9. The van der Waals surface area contributed by atoms with Crippen LogP contribution >= 0.6 is 11.6 Å². The summed E-state index contributed by atoms with van der Waals surface area (Å²) in [5, 5.41) is 12.3. The molecule has 0 aromatic carbocycles. The summed E-state index contributed by atoms with van der Waals surface area (Å²) in [5.74, 6) is 0. The Morgan fingerprint density at radius 1 is 1.38 bits per heavy atom. The second-order valence-corrected chi connectivity index (χ2v) is 4.70. The first-order valence-electron chi connectivity index (χ1n) is 5.84. The van der Waals surface area contributed by atoms with Crippen molar-refractivity contribution >= 4 is 11.6 Å². The van der Waals surface area contributed by atoms with Crippen molar-refractivity contribution in [3.05, 3.63) is 50.7 Å². The fourth-order valence-electron chi connectivity index (χ4n) is 1.95. The Morgan fingerprint density at radius 3 is 2.62 bits per heavy atom. The summed E-state index contributed by atoms with van der Waals surface area (Å²) in [5.41, 5.74) is -1.80. The van der Waals surface area contributed by atoms with Crippen LogP contribution in [0.4, 0.5) is 13.2 Å². The van der Waals surface area contributed by atoms with E-state index >= 15 is 0 Å². The number of hydrogen-bond donors (Lipinski definition) is 1. The summed E-state index contributed by atoms with van der Waals surface area (Å²) >= 11 is 5.84. The van der Waals surface area contributed by atoms with Crippen LogP contribution in [0.2, 0.25) is 5.15 Å². The number of hydrogen-bond acceptors (Lipinski definition) is 3. The van der Waals surface area contributed by atoms with Gasteiger partial charge in [-0.15, -0.1) is 0 Å². The summed E-state index contributed by atoms with van der Waals surface area (Å²) < 4.78 is 40.8. The molecule has 1 N–H and O–H groups in total. The molecule has 0 radical (unpaired) electrons. The fourth-order valence-corrected chi connectivity index (χ4v) is 2.14. The van der Waals surface area contributed by atoms with E-state index in [0.717, 1.165) is 9.25 Å². The minimum absolute atomic E-state index is 0.190. The van der Waals surface area contributed by atoms with Gasteiger partial charge in [-0.3, -0.25) is 9.48 Å². The molecular weight excluding hydrogens is 311 g/mol. The topological polar surface area (TPSA) is 60.1 Å². The van der Waals surface area contributed by atoms with Gasteiger partial charge in [0.2, 0.25) is 0 Å². The number of alkyl halides is 3. The van der Waals surface area contributed by atoms with Crippen molar-refractivity contribution in [3.8, 4) is 0 Å². The largest absolute Gasteiger partial charge is 0.435 e. The molecular formula is C12H11ClF3N3O2. The van der Waals surface area contributed by atoms with Crippen LogP contribution in [0.15, 0.2) is 23.0 Å². The van der Waals surface area contributed by atoms with Gasteiger partial charge in [-0.05, 0) is 6.07 Å². The predicted molar refractivity (Wildman–Crippen MR) is 68.9 cm³/mol. The van der Waals surface area contributed by atoms with Crippen molar-refractivity contribution in [2.45, 2.75) is 19.3 Å². The molecule has 0 fully saturated rings. The van der Waals surface area contributed by atoms with Crippen molar-refractivity contribution < 1.29 is 18.3 Å². The molecule has 0 saturated carbocycles. The Hall–Kier alpha value is -1.80. The number of aliphatic hydroxyl groups is 1. The van der Waals surface area contributed by atoms with Crippen LogP contribution in [0.25, 0.3) is 0 Å². The molecule has 0 aliphatic rings. The van der Waals surface area contributed by atoms with Gasteiger partial charge >= 0.3 is 6.18 Å².